The fourth-order valence-corrected chi connectivity index (χ4v) is 4.94. The van der Waals surface area contributed by atoms with Crippen molar-refractivity contribution >= 4 is 12.0 Å². The molecular weight excluding hydrogens is 453 g/mol. The summed E-state index contributed by atoms with van der Waals surface area (Å²) in [7, 11) is 0. The first-order chi connectivity index (χ1) is 15.8. The van der Waals surface area contributed by atoms with E-state index in [-0.39, 0.29) is 38.5 Å². The lowest BCUT2D eigenvalue weighted by molar-refractivity contribution is -0.336. The van der Waals surface area contributed by atoms with Gasteiger partial charge in [0.1, 0.15) is 5.60 Å². The molecule has 1 N–H and O–H groups in total. The van der Waals surface area contributed by atoms with Crippen molar-refractivity contribution in [1.29, 1.82) is 0 Å². The third kappa shape index (κ3) is 6.97. The van der Waals surface area contributed by atoms with Gasteiger partial charge in [-0.3, -0.25) is 9.53 Å². The molecule has 0 aromatic rings. The molecule has 0 radical (unpaired) electrons. The van der Waals surface area contributed by atoms with Crippen LogP contribution in [0.15, 0.2) is 23.8 Å². The molecule has 0 aromatic carbocycles. The number of ether oxygens (including phenoxy) is 2. The van der Waals surface area contributed by atoms with Crippen LogP contribution >= 0.6 is 0 Å². The van der Waals surface area contributed by atoms with Gasteiger partial charge in [-0.2, -0.15) is 0 Å². The van der Waals surface area contributed by atoms with E-state index in [1.54, 1.807) is 31.7 Å². The minimum Gasteiger partial charge on any atom is -0.444 e. The Bertz CT molecular complexity index is 804. The summed E-state index contributed by atoms with van der Waals surface area (Å²) in [5, 5.41) is 11.5. The second-order valence-electron chi connectivity index (χ2n) is 10.3. The zero-order valence-corrected chi connectivity index (χ0v) is 20.1. The number of amides is 2. The molecule has 0 bridgehead atoms. The van der Waals surface area contributed by atoms with Crippen molar-refractivity contribution < 1.29 is 37.3 Å². The number of hydrogen-bond donors (Lipinski definition) is 1. The number of allylic oxidation sites excluding steroid dienone is 2. The Morgan fingerprint density at radius 3 is 2.21 bits per heavy atom. The van der Waals surface area contributed by atoms with Gasteiger partial charge < -0.3 is 19.6 Å². The average molecular weight is 489 g/mol. The topological polar surface area (TPSA) is 79.3 Å². The van der Waals surface area contributed by atoms with E-state index in [1.165, 1.54) is 17.1 Å². The Morgan fingerprint density at radius 2 is 1.65 bits per heavy atom. The first-order valence-electron chi connectivity index (χ1n) is 11.9. The number of nitrogens with zero attached hydrogens (tertiary/aromatic N) is 2. The Morgan fingerprint density at radius 1 is 1.06 bits per heavy atom. The van der Waals surface area contributed by atoms with E-state index in [0.717, 1.165) is 19.3 Å². The van der Waals surface area contributed by atoms with E-state index in [4.69, 9.17) is 4.74 Å². The molecule has 1 saturated carbocycles. The van der Waals surface area contributed by atoms with Crippen molar-refractivity contribution in [3.8, 4) is 0 Å². The number of hydrogen-bond acceptors (Lipinski definition) is 5. The third-order valence-electron chi connectivity index (χ3n) is 6.48. The van der Waals surface area contributed by atoms with Gasteiger partial charge in [0, 0.05) is 26.2 Å². The molecule has 0 aromatic heterocycles. The summed E-state index contributed by atoms with van der Waals surface area (Å²) in [4.78, 5) is 29.2. The second-order valence-corrected chi connectivity index (χ2v) is 10.3. The number of rotatable bonds is 4. The zero-order valence-electron chi connectivity index (χ0n) is 20.1. The van der Waals surface area contributed by atoms with Gasteiger partial charge in [-0.1, -0.05) is 43.1 Å². The van der Waals surface area contributed by atoms with Crippen LogP contribution in [0.4, 0.5) is 18.0 Å². The number of alkyl halides is 3. The van der Waals surface area contributed by atoms with Crippen LogP contribution in [0.1, 0.15) is 59.3 Å². The lowest BCUT2D eigenvalue weighted by Crippen LogP contribution is -2.56. The molecular formula is C24H35F3N2O5. The summed E-state index contributed by atoms with van der Waals surface area (Å²) in [6, 6.07) is 0. The van der Waals surface area contributed by atoms with Gasteiger partial charge in [0.25, 0.3) is 0 Å². The van der Waals surface area contributed by atoms with Gasteiger partial charge in [0.2, 0.25) is 5.91 Å². The van der Waals surface area contributed by atoms with Crippen LogP contribution in [-0.2, 0) is 14.3 Å². The summed E-state index contributed by atoms with van der Waals surface area (Å²) >= 11 is 0. The normalized spacial score (nSPS) is 24.4. The lowest BCUT2D eigenvalue weighted by atomic mass is 9.70. The second kappa shape index (κ2) is 10.3. The number of carbonyl (C=O) groups excluding carboxylic acids is 2. The van der Waals surface area contributed by atoms with Crippen LogP contribution in [0.5, 0.6) is 0 Å². The van der Waals surface area contributed by atoms with E-state index < -0.39 is 35.7 Å². The molecule has 192 valence electrons. The smallest absolute Gasteiger partial charge is 0.444 e. The largest absolute Gasteiger partial charge is 0.523 e. The predicted molar refractivity (Wildman–Crippen MR) is 119 cm³/mol. The van der Waals surface area contributed by atoms with Crippen LogP contribution in [0, 0.1) is 5.92 Å². The molecule has 3 aliphatic rings. The standard InChI is InChI=1S/C24H35F3N2O5/c1-22(2,3)34-21(31)29-14-12-28(13-15-29)20(30)19(23(32)10-5-4-6-11-23)17-8-7-9-18(16-17)33-24(25,26)27/h7-9,18-19,32H,4-6,10-16H2,1-3H3. The Kier molecular flexibility index (Phi) is 8.02. The number of piperazine rings is 1. The molecule has 2 atom stereocenters. The van der Waals surface area contributed by atoms with Crippen molar-refractivity contribution in [1.82, 2.24) is 9.80 Å². The van der Waals surface area contributed by atoms with Crippen LogP contribution in [0.3, 0.4) is 0 Å². The molecule has 2 amide bonds. The maximum Gasteiger partial charge on any atom is 0.523 e. The Labute approximate surface area is 198 Å². The maximum atomic E-state index is 13.7. The summed E-state index contributed by atoms with van der Waals surface area (Å²) in [5.41, 5.74) is -1.51. The third-order valence-corrected chi connectivity index (χ3v) is 6.48. The fraction of sp³-hybridized carbons (Fsp3) is 0.750. The van der Waals surface area contributed by atoms with Crippen molar-refractivity contribution in [3.05, 3.63) is 23.8 Å². The SMILES string of the molecule is CC(C)(C)OC(=O)N1CCN(C(=O)C(C2=CC=CC(OC(F)(F)F)C2)C2(O)CCCCC2)CC1. The summed E-state index contributed by atoms with van der Waals surface area (Å²) in [5.74, 6) is -1.27. The average Bonchev–Trinajstić information content (AvgIpc) is 2.72. The quantitative estimate of drug-likeness (QED) is 0.643. The van der Waals surface area contributed by atoms with Crippen molar-refractivity contribution in [3.63, 3.8) is 0 Å². The molecule has 7 nitrogen and oxygen atoms in total. The molecule has 1 aliphatic heterocycles. The van der Waals surface area contributed by atoms with Crippen LogP contribution < -0.4 is 0 Å². The van der Waals surface area contributed by atoms with Crippen molar-refractivity contribution in [2.75, 3.05) is 26.2 Å². The first kappa shape index (κ1) is 26.5. The number of halogens is 3. The first-order valence-corrected chi connectivity index (χ1v) is 11.9. The zero-order chi connectivity index (χ0) is 25.1. The Balaban J connectivity index is 1.75. The van der Waals surface area contributed by atoms with E-state index in [9.17, 15) is 27.9 Å². The van der Waals surface area contributed by atoms with Crippen LogP contribution in [-0.4, -0.2) is 76.8 Å². The minimum absolute atomic E-state index is 0.118. The molecule has 3 rings (SSSR count). The summed E-state index contributed by atoms with van der Waals surface area (Å²) in [6.45, 7) is 6.42. The highest BCUT2D eigenvalue weighted by molar-refractivity contribution is 5.83. The fourth-order valence-electron chi connectivity index (χ4n) is 4.94. The van der Waals surface area contributed by atoms with E-state index >= 15 is 0 Å². The molecule has 2 aliphatic carbocycles. The predicted octanol–water partition coefficient (Wildman–Crippen LogP) is 4.17. The van der Waals surface area contributed by atoms with Crippen LogP contribution in [0.25, 0.3) is 0 Å². The van der Waals surface area contributed by atoms with E-state index in [1.807, 2.05) is 0 Å². The minimum atomic E-state index is -4.79. The molecule has 34 heavy (non-hydrogen) atoms. The van der Waals surface area contributed by atoms with Gasteiger partial charge in [0.15, 0.2) is 0 Å². The monoisotopic (exact) mass is 488 g/mol. The number of carbonyl (C=O) groups is 2. The molecule has 2 fully saturated rings. The van der Waals surface area contributed by atoms with Gasteiger partial charge in [-0.25, -0.2) is 4.79 Å². The molecule has 1 heterocycles. The summed E-state index contributed by atoms with van der Waals surface area (Å²) < 4.78 is 48.0. The highest BCUT2D eigenvalue weighted by Crippen LogP contribution is 2.42. The molecule has 2 unspecified atom stereocenters. The highest BCUT2D eigenvalue weighted by atomic mass is 19.4. The maximum absolute atomic E-state index is 13.7. The Hall–Kier alpha value is -2.07. The molecule has 1 saturated heterocycles. The van der Waals surface area contributed by atoms with Gasteiger partial charge >= 0.3 is 12.5 Å². The highest BCUT2D eigenvalue weighted by Gasteiger charge is 2.47. The molecule has 10 heteroatoms. The number of aliphatic hydroxyl groups is 1. The van der Waals surface area contributed by atoms with Crippen LogP contribution in [0.2, 0.25) is 0 Å². The lowest BCUT2D eigenvalue weighted by Gasteiger charge is -2.44. The summed E-state index contributed by atoms with van der Waals surface area (Å²) in [6.07, 6.45) is 1.05. The van der Waals surface area contributed by atoms with Crippen molar-refractivity contribution in [2.45, 2.75) is 83.0 Å². The van der Waals surface area contributed by atoms with E-state index in [0.29, 0.717) is 18.4 Å². The van der Waals surface area contributed by atoms with E-state index in [2.05, 4.69) is 4.74 Å². The van der Waals surface area contributed by atoms with Gasteiger partial charge in [0.05, 0.1) is 17.6 Å². The van der Waals surface area contributed by atoms with Crippen molar-refractivity contribution in [2.24, 2.45) is 5.92 Å². The molecule has 0 spiro atoms. The van der Waals surface area contributed by atoms with Gasteiger partial charge in [-0.05, 0) is 40.0 Å². The van der Waals surface area contributed by atoms with Gasteiger partial charge in [-0.15, -0.1) is 13.2 Å².